The van der Waals surface area contributed by atoms with Gasteiger partial charge >= 0.3 is 0 Å². The first kappa shape index (κ1) is 7.15. The van der Waals surface area contributed by atoms with Crippen molar-refractivity contribution in [2.24, 2.45) is 0 Å². The standard InChI is InChI=1S/C7H7IN2O/c8-6-4-11-5-2-1-3-9-7(5)10-6/h1-3,6H,4H2,(H,9,10). The Labute approximate surface area is 78.3 Å². The highest BCUT2D eigenvalue weighted by Gasteiger charge is 2.15. The summed E-state index contributed by atoms with van der Waals surface area (Å²) in [5.41, 5.74) is 0. The molecule has 1 unspecified atom stereocenters. The van der Waals surface area contributed by atoms with Crippen molar-refractivity contribution >= 4 is 28.4 Å². The van der Waals surface area contributed by atoms with E-state index in [0.717, 1.165) is 11.6 Å². The maximum absolute atomic E-state index is 5.40. The van der Waals surface area contributed by atoms with Crippen molar-refractivity contribution in [1.82, 2.24) is 4.98 Å². The Bertz CT molecular complexity index is 266. The van der Waals surface area contributed by atoms with E-state index >= 15 is 0 Å². The van der Waals surface area contributed by atoms with Gasteiger partial charge in [-0.15, -0.1) is 0 Å². The molecule has 1 aliphatic heterocycles. The zero-order chi connectivity index (χ0) is 7.68. The molecule has 2 rings (SSSR count). The van der Waals surface area contributed by atoms with Crippen LogP contribution in [0.15, 0.2) is 18.3 Å². The van der Waals surface area contributed by atoms with E-state index in [-0.39, 0.29) is 0 Å². The van der Waals surface area contributed by atoms with Crippen LogP contribution in [-0.4, -0.2) is 15.6 Å². The molecule has 1 aromatic heterocycles. The Morgan fingerprint density at radius 2 is 2.64 bits per heavy atom. The lowest BCUT2D eigenvalue weighted by Gasteiger charge is -2.21. The molecule has 2 heterocycles. The van der Waals surface area contributed by atoms with Crippen LogP contribution >= 0.6 is 22.6 Å². The predicted octanol–water partition coefficient (Wildman–Crippen LogP) is 1.65. The topological polar surface area (TPSA) is 34.1 Å². The highest BCUT2D eigenvalue weighted by atomic mass is 127. The quantitative estimate of drug-likeness (QED) is 0.438. The van der Waals surface area contributed by atoms with E-state index in [9.17, 15) is 0 Å². The number of ether oxygens (including phenoxy) is 1. The molecule has 1 N–H and O–H groups in total. The Morgan fingerprint density at radius 3 is 3.55 bits per heavy atom. The van der Waals surface area contributed by atoms with Crippen LogP contribution in [0.2, 0.25) is 0 Å². The first-order chi connectivity index (χ1) is 5.36. The lowest BCUT2D eigenvalue weighted by Crippen LogP contribution is -2.26. The maximum atomic E-state index is 5.40. The summed E-state index contributed by atoms with van der Waals surface area (Å²) in [6.07, 6.45) is 1.75. The summed E-state index contributed by atoms with van der Waals surface area (Å²) in [6.45, 7) is 0.708. The van der Waals surface area contributed by atoms with Gasteiger partial charge in [-0.3, -0.25) is 0 Å². The number of fused-ring (bicyclic) bond motifs is 1. The zero-order valence-corrected chi connectivity index (χ0v) is 7.91. The molecule has 0 saturated heterocycles. The number of anilines is 1. The minimum absolute atomic E-state index is 0.329. The normalized spacial score (nSPS) is 21.4. The van der Waals surface area contributed by atoms with Crippen LogP contribution in [0.4, 0.5) is 5.82 Å². The highest BCUT2D eigenvalue weighted by molar-refractivity contribution is 14.1. The Morgan fingerprint density at radius 1 is 1.73 bits per heavy atom. The molecule has 58 valence electrons. The summed E-state index contributed by atoms with van der Waals surface area (Å²) < 4.78 is 5.73. The lowest BCUT2D eigenvalue weighted by atomic mass is 10.4. The fraction of sp³-hybridized carbons (Fsp3) is 0.286. The first-order valence-corrected chi connectivity index (χ1v) is 4.59. The minimum Gasteiger partial charge on any atom is -0.487 e. The number of alkyl halides is 1. The summed E-state index contributed by atoms with van der Waals surface area (Å²) in [6, 6.07) is 3.78. The van der Waals surface area contributed by atoms with Crippen LogP contribution in [-0.2, 0) is 0 Å². The molecule has 1 atom stereocenters. The van der Waals surface area contributed by atoms with E-state index in [1.165, 1.54) is 0 Å². The summed E-state index contributed by atoms with van der Waals surface area (Å²) >= 11 is 2.28. The number of nitrogens with one attached hydrogen (secondary N) is 1. The summed E-state index contributed by atoms with van der Waals surface area (Å²) in [4.78, 5) is 4.13. The average Bonchev–Trinajstić information content (AvgIpc) is 2.04. The molecular formula is C7H7IN2O. The summed E-state index contributed by atoms with van der Waals surface area (Å²) in [7, 11) is 0. The van der Waals surface area contributed by atoms with Gasteiger partial charge in [0.05, 0.1) is 0 Å². The van der Waals surface area contributed by atoms with Gasteiger partial charge < -0.3 is 10.1 Å². The summed E-state index contributed by atoms with van der Waals surface area (Å²) in [5.74, 6) is 1.69. The Kier molecular flexibility index (Phi) is 1.85. The maximum Gasteiger partial charge on any atom is 0.169 e. The second-order valence-electron chi connectivity index (χ2n) is 2.27. The minimum atomic E-state index is 0.329. The molecule has 0 aromatic carbocycles. The Hall–Kier alpha value is -0.520. The molecule has 3 nitrogen and oxygen atoms in total. The van der Waals surface area contributed by atoms with Crippen molar-refractivity contribution in [2.45, 2.75) is 4.05 Å². The lowest BCUT2D eigenvalue weighted by molar-refractivity contribution is 0.316. The van der Waals surface area contributed by atoms with Crippen LogP contribution < -0.4 is 10.1 Å². The van der Waals surface area contributed by atoms with Gasteiger partial charge in [-0.2, -0.15) is 0 Å². The molecule has 0 fully saturated rings. The molecule has 1 aromatic rings. The first-order valence-electron chi connectivity index (χ1n) is 3.35. The van der Waals surface area contributed by atoms with Crippen molar-refractivity contribution < 1.29 is 4.74 Å². The van der Waals surface area contributed by atoms with Gasteiger partial charge in [0, 0.05) is 6.20 Å². The van der Waals surface area contributed by atoms with Crippen LogP contribution in [0.3, 0.4) is 0 Å². The van der Waals surface area contributed by atoms with Gasteiger partial charge in [0.15, 0.2) is 11.6 Å². The van der Waals surface area contributed by atoms with Gasteiger partial charge in [0.1, 0.15) is 10.7 Å². The number of rotatable bonds is 0. The van der Waals surface area contributed by atoms with Crippen molar-refractivity contribution in [1.29, 1.82) is 0 Å². The van der Waals surface area contributed by atoms with Crippen LogP contribution in [0.5, 0.6) is 5.75 Å². The molecule has 0 saturated carbocycles. The molecule has 0 bridgehead atoms. The Balaban J connectivity index is 2.34. The molecule has 0 amide bonds. The summed E-state index contributed by atoms with van der Waals surface area (Å²) in [5, 5.41) is 3.21. The number of hydrogen-bond donors (Lipinski definition) is 1. The molecule has 4 heteroatoms. The fourth-order valence-electron chi connectivity index (χ4n) is 0.968. The third-order valence-electron chi connectivity index (χ3n) is 1.45. The van der Waals surface area contributed by atoms with E-state index in [0.29, 0.717) is 10.7 Å². The number of nitrogens with zero attached hydrogens (tertiary/aromatic N) is 1. The number of hydrogen-bond acceptors (Lipinski definition) is 3. The van der Waals surface area contributed by atoms with Gasteiger partial charge in [0.25, 0.3) is 0 Å². The molecule has 0 radical (unpaired) electrons. The van der Waals surface area contributed by atoms with Gasteiger partial charge in [-0.1, -0.05) is 22.6 Å². The van der Waals surface area contributed by atoms with Crippen LogP contribution in [0.25, 0.3) is 0 Å². The predicted molar refractivity (Wildman–Crippen MR) is 51.2 cm³/mol. The largest absolute Gasteiger partial charge is 0.487 e. The van der Waals surface area contributed by atoms with E-state index < -0.39 is 0 Å². The number of pyridine rings is 1. The highest BCUT2D eigenvalue weighted by Crippen LogP contribution is 2.26. The van der Waals surface area contributed by atoms with E-state index in [4.69, 9.17) is 4.74 Å². The van der Waals surface area contributed by atoms with Crippen molar-refractivity contribution in [3.05, 3.63) is 18.3 Å². The zero-order valence-electron chi connectivity index (χ0n) is 5.75. The van der Waals surface area contributed by atoms with E-state index in [1.807, 2.05) is 12.1 Å². The molecule has 11 heavy (non-hydrogen) atoms. The van der Waals surface area contributed by atoms with Crippen LogP contribution in [0, 0.1) is 0 Å². The van der Waals surface area contributed by atoms with Gasteiger partial charge in [-0.05, 0) is 12.1 Å². The molecule has 0 aliphatic carbocycles. The molecule has 0 spiro atoms. The number of aromatic nitrogens is 1. The number of halogens is 1. The third kappa shape index (κ3) is 1.40. The van der Waals surface area contributed by atoms with E-state index in [2.05, 4.69) is 32.9 Å². The van der Waals surface area contributed by atoms with Crippen molar-refractivity contribution in [2.75, 3.05) is 11.9 Å². The SMILES string of the molecule is IC1COc2cccnc2N1. The van der Waals surface area contributed by atoms with Crippen molar-refractivity contribution in [3.63, 3.8) is 0 Å². The monoisotopic (exact) mass is 262 g/mol. The fourth-order valence-corrected chi connectivity index (χ4v) is 1.44. The molecule has 1 aliphatic rings. The third-order valence-corrected chi connectivity index (χ3v) is 2.12. The van der Waals surface area contributed by atoms with E-state index in [1.54, 1.807) is 6.20 Å². The second-order valence-corrected chi connectivity index (χ2v) is 3.78. The second kappa shape index (κ2) is 2.84. The van der Waals surface area contributed by atoms with Gasteiger partial charge in [-0.25, -0.2) is 4.98 Å². The van der Waals surface area contributed by atoms with Crippen LogP contribution in [0.1, 0.15) is 0 Å². The molecular weight excluding hydrogens is 255 g/mol. The van der Waals surface area contributed by atoms with Gasteiger partial charge in [0.2, 0.25) is 0 Å². The smallest absolute Gasteiger partial charge is 0.169 e. The average molecular weight is 262 g/mol. The van der Waals surface area contributed by atoms with Crippen molar-refractivity contribution in [3.8, 4) is 5.75 Å².